The second-order valence-electron chi connectivity index (χ2n) is 6.08. The molecule has 0 aliphatic carbocycles. The molecule has 0 spiro atoms. The smallest absolute Gasteiger partial charge is 0.283 e. The van der Waals surface area contributed by atoms with Crippen molar-refractivity contribution >= 4 is 6.02 Å². The molecule has 4 rings (SSSR count). The van der Waals surface area contributed by atoms with Gasteiger partial charge in [-0.25, -0.2) is 4.99 Å². The first-order valence-electron chi connectivity index (χ1n) is 7.92. The fourth-order valence-corrected chi connectivity index (χ4v) is 3.48. The van der Waals surface area contributed by atoms with Crippen LogP contribution in [0.2, 0.25) is 0 Å². The van der Waals surface area contributed by atoms with E-state index >= 15 is 0 Å². The van der Waals surface area contributed by atoms with Gasteiger partial charge in [-0.3, -0.25) is 0 Å². The summed E-state index contributed by atoms with van der Waals surface area (Å²) < 4.78 is 11.2. The highest BCUT2D eigenvalue weighted by Gasteiger charge is 2.49. The summed E-state index contributed by atoms with van der Waals surface area (Å²) in [6.07, 6.45) is 0.548. The number of hydrogen-bond acceptors (Lipinski definition) is 5. The molecule has 120 valence electrons. The standard InChI is InChI=1S/C19H17N3O2/c20-11-13-3-1-4-14(9-13)15-5-2-6-16(10-15)19-7-8-23-12-17(19)24-18(21)22-19/h1-6,9-10,17H,7-8,12H2,(H2,21,22)/t17-,19-/m1/s1. The number of ether oxygens (including phenoxy) is 2. The summed E-state index contributed by atoms with van der Waals surface area (Å²) in [6.45, 7) is 1.11. The summed E-state index contributed by atoms with van der Waals surface area (Å²) in [5.41, 5.74) is 9.12. The first-order valence-corrected chi connectivity index (χ1v) is 7.92. The Bertz CT molecular complexity index is 856. The fraction of sp³-hybridized carbons (Fsp3) is 0.263. The number of nitriles is 1. The molecule has 2 N–H and O–H groups in total. The molecular weight excluding hydrogens is 302 g/mol. The monoisotopic (exact) mass is 319 g/mol. The second-order valence-corrected chi connectivity index (χ2v) is 6.08. The Labute approximate surface area is 140 Å². The van der Waals surface area contributed by atoms with Gasteiger partial charge in [0.25, 0.3) is 6.02 Å². The molecule has 5 nitrogen and oxygen atoms in total. The molecule has 2 aliphatic rings. The van der Waals surface area contributed by atoms with Gasteiger partial charge in [-0.1, -0.05) is 30.3 Å². The van der Waals surface area contributed by atoms with Gasteiger partial charge >= 0.3 is 0 Å². The number of rotatable bonds is 2. The molecular formula is C19H17N3O2. The zero-order chi connectivity index (χ0) is 16.6. The lowest BCUT2D eigenvalue weighted by molar-refractivity contribution is -0.0339. The van der Waals surface area contributed by atoms with Crippen molar-refractivity contribution < 1.29 is 9.47 Å². The van der Waals surface area contributed by atoms with Gasteiger partial charge in [0.2, 0.25) is 0 Å². The van der Waals surface area contributed by atoms with E-state index in [0.717, 1.165) is 23.1 Å². The largest absolute Gasteiger partial charge is 0.457 e. The maximum atomic E-state index is 9.11. The van der Waals surface area contributed by atoms with Crippen LogP contribution in [0.15, 0.2) is 53.5 Å². The molecule has 2 atom stereocenters. The number of amidine groups is 1. The summed E-state index contributed by atoms with van der Waals surface area (Å²) in [6, 6.07) is 18.2. The van der Waals surface area contributed by atoms with Crippen LogP contribution in [-0.4, -0.2) is 25.3 Å². The van der Waals surface area contributed by atoms with E-state index in [1.165, 1.54) is 0 Å². The minimum Gasteiger partial charge on any atom is -0.457 e. The molecule has 5 heteroatoms. The minimum atomic E-state index is -0.481. The Morgan fingerprint density at radius 3 is 2.79 bits per heavy atom. The first-order chi connectivity index (χ1) is 11.7. The van der Waals surface area contributed by atoms with Gasteiger partial charge < -0.3 is 15.2 Å². The van der Waals surface area contributed by atoms with E-state index in [4.69, 9.17) is 20.5 Å². The lowest BCUT2D eigenvalue weighted by atomic mass is 9.80. The number of hydrogen-bond donors (Lipinski definition) is 1. The van der Waals surface area contributed by atoms with Crippen molar-refractivity contribution in [1.29, 1.82) is 5.26 Å². The van der Waals surface area contributed by atoms with Crippen molar-refractivity contribution in [3.05, 3.63) is 59.7 Å². The van der Waals surface area contributed by atoms with Crippen molar-refractivity contribution in [3.63, 3.8) is 0 Å². The number of benzene rings is 2. The van der Waals surface area contributed by atoms with E-state index in [2.05, 4.69) is 23.2 Å². The van der Waals surface area contributed by atoms with Crippen LogP contribution < -0.4 is 5.73 Å². The molecule has 2 aliphatic heterocycles. The molecule has 2 aromatic rings. The molecule has 0 bridgehead atoms. The van der Waals surface area contributed by atoms with Crippen molar-refractivity contribution in [2.45, 2.75) is 18.1 Å². The molecule has 0 radical (unpaired) electrons. The molecule has 0 unspecified atom stereocenters. The highest BCUT2D eigenvalue weighted by Crippen LogP contribution is 2.42. The molecule has 2 heterocycles. The topological polar surface area (TPSA) is 80.6 Å². The van der Waals surface area contributed by atoms with E-state index in [-0.39, 0.29) is 12.1 Å². The molecule has 0 aromatic heterocycles. The third kappa shape index (κ3) is 2.32. The van der Waals surface area contributed by atoms with E-state index < -0.39 is 5.54 Å². The van der Waals surface area contributed by atoms with Gasteiger partial charge in [0.15, 0.2) is 6.10 Å². The average molecular weight is 319 g/mol. The fourth-order valence-electron chi connectivity index (χ4n) is 3.48. The third-order valence-electron chi connectivity index (χ3n) is 4.69. The Morgan fingerprint density at radius 2 is 1.96 bits per heavy atom. The normalized spacial score (nSPS) is 25.3. The summed E-state index contributed by atoms with van der Waals surface area (Å²) in [5.74, 6) is 0. The van der Waals surface area contributed by atoms with Crippen LogP contribution in [0.1, 0.15) is 17.5 Å². The highest BCUT2D eigenvalue weighted by molar-refractivity contribution is 5.75. The van der Waals surface area contributed by atoms with Crippen LogP contribution in [0.25, 0.3) is 11.1 Å². The van der Waals surface area contributed by atoms with Gasteiger partial charge in [-0.2, -0.15) is 5.26 Å². The number of fused-ring (bicyclic) bond motifs is 1. The number of nitrogens with zero attached hydrogens (tertiary/aromatic N) is 2. The van der Waals surface area contributed by atoms with Gasteiger partial charge in [-0.15, -0.1) is 0 Å². The van der Waals surface area contributed by atoms with Gasteiger partial charge in [0.1, 0.15) is 5.54 Å². The lowest BCUT2D eigenvalue weighted by Gasteiger charge is -2.35. The van der Waals surface area contributed by atoms with Crippen LogP contribution >= 0.6 is 0 Å². The van der Waals surface area contributed by atoms with Gasteiger partial charge in [-0.05, 0) is 34.9 Å². The van der Waals surface area contributed by atoms with E-state index in [1.807, 2.05) is 30.3 Å². The maximum Gasteiger partial charge on any atom is 0.283 e. The Hall–Kier alpha value is -2.84. The zero-order valence-corrected chi connectivity index (χ0v) is 13.1. The predicted molar refractivity (Wildman–Crippen MR) is 90.2 cm³/mol. The van der Waals surface area contributed by atoms with Crippen molar-refractivity contribution in [2.24, 2.45) is 10.7 Å². The summed E-state index contributed by atoms with van der Waals surface area (Å²) >= 11 is 0. The van der Waals surface area contributed by atoms with Gasteiger partial charge in [0, 0.05) is 13.0 Å². The van der Waals surface area contributed by atoms with Crippen LogP contribution in [0.5, 0.6) is 0 Å². The van der Waals surface area contributed by atoms with Crippen LogP contribution in [0.3, 0.4) is 0 Å². The van der Waals surface area contributed by atoms with Crippen LogP contribution in [-0.2, 0) is 15.0 Å². The SMILES string of the molecule is N#Cc1cccc(-c2cccc([C@]34CCOC[C@H]3OC(N)=N4)c2)c1. The lowest BCUT2D eigenvalue weighted by Crippen LogP contribution is -2.44. The first kappa shape index (κ1) is 14.7. The molecule has 1 saturated heterocycles. The average Bonchev–Trinajstić information content (AvgIpc) is 2.99. The van der Waals surface area contributed by atoms with Crippen molar-refractivity contribution in [2.75, 3.05) is 13.2 Å². The van der Waals surface area contributed by atoms with Crippen LogP contribution in [0, 0.1) is 11.3 Å². The van der Waals surface area contributed by atoms with Crippen LogP contribution in [0.4, 0.5) is 0 Å². The highest BCUT2D eigenvalue weighted by atomic mass is 16.6. The third-order valence-corrected chi connectivity index (χ3v) is 4.69. The number of nitrogens with two attached hydrogens (primary N) is 1. The van der Waals surface area contributed by atoms with Gasteiger partial charge in [0.05, 0.1) is 18.2 Å². The van der Waals surface area contributed by atoms with Crippen molar-refractivity contribution in [1.82, 2.24) is 0 Å². The zero-order valence-electron chi connectivity index (χ0n) is 13.1. The van der Waals surface area contributed by atoms with Crippen molar-refractivity contribution in [3.8, 4) is 17.2 Å². The quantitative estimate of drug-likeness (QED) is 0.922. The maximum absolute atomic E-state index is 9.11. The molecule has 1 fully saturated rings. The molecule has 2 aromatic carbocycles. The number of aliphatic imine (C=N–C) groups is 1. The Morgan fingerprint density at radius 1 is 1.17 bits per heavy atom. The van der Waals surface area contributed by atoms with E-state index in [0.29, 0.717) is 18.8 Å². The molecule has 0 saturated carbocycles. The predicted octanol–water partition coefficient (Wildman–Crippen LogP) is 2.55. The minimum absolute atomic E-state index is 0.188. The Kier molecular flexibility index (Phi) is 3.47. The summed E-state index contributed by atoms with van der Waals surface area (Å²) in [5, 5.41) is 9.11. The summed E-state index contributed by atoms with van der Waals surface area (Å²) in [4.78, 5) is 4.62. The van der Waals surface area contributed by atoms with E-state index in [9.17, 15) is 0 Å². The summed E-state index contributed by atoms with van der Waals surface area (Å²) in [7, 11) is 0. The molecule has 24 heavy (non-hydrogen) atoms. The second kappa shape index (κ2) is 5.66. The molecule has 0 amide bonds. The van der Waals surface area contributed by atoms with E-state index in [1.54, 1.807) is 6.07 Å². The Balaban J connectivity index is 1.79.